The lowest BCUT2D eigenvalue weighted by Gasteiger charge is -2.25. The van der Waals surface area contributed by atoms with Gasteiger partial charge in [-0.25, -0.2) is 14.2 Å². The van der Waals surface area contributed by atoms with E-state index in [-0.39, 0.29) is 30.2 Å². The topological polar surface area (TPSA) is 79.1 Å². The fourth-order valence-electron chi connectivity index (χ4n) is 4.65. The summed E-state index contributed by atoms with van der Waals surface area (Å²) in [6, 6.07) is 17.8. The van der Waals surface area contributed by atoms with Gasteiger partial charge in [-0.1, -0.05) is 71.5 Å². The first-order valence-electron chi connectivity index (χ1n) is 12.8. The summed E-state index contributed by atoms with van der Waals surface area (Å²) in [6.45, 7) is 3.56. The number of para-hydroxylation sites is 1. The van der Waals surface area contributed by atoms with Crippen LogP contribution in [0.5, 0.6) is 11.5 Å². The molecule has 210 valence electrons. The van der Waals surface area contributed by atoms with Crippen LogP contribution in [0, 0.1) is 5.82 Å². The lowest BCUT2D eigenvalue weighted by molar-refractivity contribution is -0.139. The Morgan fingerprint density at radius 2 is 1.88 bits per heavy atom. The number of carbonyl (C=O) groups is 1. The van der Waals surface area contributed by atoms with Crippen LogP contribution in [0.2, 0.25) is 5.02 Å². The van der Waals surface area contributed by atoms with E-state index in [2.05, 4.69) is 4.99 Å². The molecule has 1 aliphatic heterocycles. The Hall–Kier alpha value is -4.21. The predicted molar refractivity (Wildman–Crippen MR) is 156 cm³/mol. The molecule has 41 heavy (non-hydrogen) atoms. The summed E-state index contributed by atoms with van der Waals surface area (Å²) in [7, 11) is 1.51. The fraction of sp³-hybridized carbons (Fsp3) is 0.194. The van der Waals surface area contributed by atoms with E-state index in [1.54, 1.807) is 80.6 Å². The molecular weight excluding hydrogens is 567 g/mol. The van der Waals surface area contributed by atoms with Crippen molar-refractivity contribution in [1.29, 1.82) is 0 Å². The smallest absolute Gasteiger partial charge is 0.338 e. The van der Waals surface area contributed by atoms with Crippen LogP contribution < -0.4 is 24.4 Å². The van der Waals surface area contributed by atoms with Gasteiger partial charge in [0.1, 0.15) is 18.5 Å². The molecule has 5 rings (SSSR count). The van der Waals surface area contributed by atoms with E-state index in [1.165, 1.54) is 29.1 Å². The van der Waals surface area contributed by atoms with Gasteiger partial charge in [0.05, 0.1) is 29.5 Å². The second-order valence-electron chi connectivity index (χ2n) is 9.08. The Morgan fingerprint density at radius 1 is 1.12 bits per heavy atom. The zero-order chi connectivity index (χ0) is 29.1. The Morgan fingerprint density at radius 3 is 2.61 bits per heavy atom. The number of hydrogen-bond donors (Lipinski definition) is 0. The van der Waals surface area contributed by atoms with Crippen LogP contribution in [0.3, 0.4) is 0 Å². The number of thiazole rings is 1. The van der Waals surface area contributed by atoms with Crippen molar-refractivity contribution < 1.29 is 23.4 Å². The minimum Gasteiger partial charge on any atom is -0.493 e. The highest BCUT2D eigenvalue weighted by atomic mass is 35.5. The van der Waals surface area contributed by atoms with E-state index in [0.29, 0.717) is 48.2 Å². The fourth-order valence-corrected chi connectivity index (χ4v) is 5.93. The molecule has 0 saturated heterocycles. The first kappa shape index (κ1) is 28.3. The normalized spacial score (nSPS) is 14.9. The van der Waals surface area contributed by atoms with Crippen LogP contribution in [-0.4, -0.2) is 24.3 Å². The number of benzene rings is 3. The average molecular weight is 593 g/mol. The number of ether oxygens (including phenoxy) is 3. The molecule has 0 saturated carbocycles. The maximum atomic E-state index is 14.3. The minimum atomic E-state index is -0.830. The van der Waals surface area contributed by atoms with Crippen LogP contribution in [-0.2, 0) is 16.1 Å². The van der Waals surface area contributed by atoms with Gasteiger partial charge in [-0.3, -0.25) is 9.36 Å². The number of rotatable bonds is 8. The largest absolute Gasteiger partial charge is 0.493 e. The Balaban J connectivity index is 1.66. The zero-order valence-corrected chi connectivity index (χ0v) is 24.1. The number of aromatic nitrogens is 1. The van der Waals surface area contributed by atoms with Gasteiger partial charge >= 0.3 is 5.97 Å². The second-order valence-corrected chi connectivity index (χ2v) is 10.5. The van der Waals surface area contributed by atoms with Crippen molar-refractivity contribution in [3.63, 3.8) is 0 Å². The van der Waals surface area contributed by atoms with Crippen LogP contribution in [0.25, 0.3) is 6.08 Å². The second kappa shape index (κ2) is 12.1. The highest BCUT2D eigenvalue weighted by molar-refractivity contribution is 7.07. The number of allylic oxidation sites excluding steroid dienone is 1. The van der Waals surface area contributed by atoms with Crippen LogP contribution in [0.1, 0.15) is 36.6 Å². The van der Waals surface area contributed by atoms with Gasteiger partial charge in [-0.2, -0.15) is 0 Å². The van der Waals surface area contributed by atoms with Crippen LogP contribution in [0.15, 0.2) is 87.8 Å². The number of methoxy groups -OCH3 is 1. The van der Waals surface area contributed by atoms with E-state index >= 15 is 0 Å². The average Bonchev–Trinajstić information content (AvgIpc) is 3.26. The highest BCUT2D eigenvalue weighted by Gasteiger charge is 2.34. The molecule has 2 heterocycles. The summed E-state index contributed by atoms with van der Waals surface area (Å²) in [6.07, 6.45) is 1.68. The molecule has 10 heteroatoms. The van der Waals surface area contributed by atoms with Crippen molar-refractivity contribution in [2.24, 2.45) is 4.99 Å². The zero-order valence-electron chi connectivity index (χ0n) is 22.5. The Bertz CT molecular complexity index is 1850. The molecule has 0 radical (unpaired) electrons. The van der Waals surface area contributed by atoms with E-state index < -0.39 is 12.0 Å². The van der Waals surface area contributed by atoms with Crippen molar-refractivity contribution in [2.45, 2.75) is 26.5 Å². The summed E-state index contributed by atoms with van der Waals surface area (Å²) in [5.74, 6) is -0.165. The molecule has 4 aromatic rings. The van der Waals surface area contributed by atoms with Gasteiger partial charge in [0.2, 0.25) is 0 Å². The summed E-state index contributed by atoms with van der Waals surface area (Å²) < 4.78 is 33.0. The molecule has 1 atom stereocenters. The molecule has 0 fully saturated rings. The molecule has 0 N–H and O–H groups in total. The summed E-state index contributed by atoms with van der Waals surface area (Å²) in [5.41, 5.74) is 1.84. The third kappa shape index (κ3) is 5.55. The maximum absolute atomic E-state index is 14.3. The van der Waals surface area contributed by atoms with Crippen molar-refractivity contribution in [3.05, 3.63) is 125 Å². The van der Waals surface area contributed by atoms with E-state index in [4.69, 9.17) is 25.8 Å². The number of fused-ring (bicyclic) bond motifs is 1. The maximum Gasteiger partial charge on any atom is 0.338 e. The molecule has 3 aromatic carbocycles. The van der Waals surface area contributed by atoms with Gasteiger partial charge in [-0.15, -0.1) is 0 Å². The Labute approximate surface area is 244 Å². The summed E-state index contributed by atoms with van der Waals surface area (Å²) in [5, 5.41) is 0.403. The number of hydrogen-bond acceptors (Lipinski definition) is 7. The van der Waals surface area contributed by atoms with E-state index in [0.717, 1.165) is 0 Å². The quantitative estimate of drug-likeness (QED) is 0.264. The van der Waals surface area contributed by atoms with Crippen molar-refractivity contribution >= 4 is 35.0 Å². The van der Waals surface area contributed by atoms with Gasteiger partial charge < -0.3 is 14.2 Å². The number of nitrogens with zero attached hydrogens (tertiary/aromatic N) is 2. The first-order valence-corrected chi connectivity index (χ1v) is 14.0. The van der Waals surface area contributed by atoms with Gasteiger partial charge in [-0.05, 0) is 43.7 Å². The third-order valence-electron chi connectivity index (χ3n) is 6.56. The monoisotopic (exact) mass is 592 g/mol. The first-order chi connectivity index (χ1) is 19.8. The van der Waals surface area contributed by atoms with Gasteiger partial charge in [0.25, 0.3) is 5.56 Å². The van der Waals surface area contributed by atoms with Crippen molar-refractivity contribution in [1.82, 2.24) is 4.57 Å². The van der Waals surface area contributed by atoms with E-state index in [1.807, 2.05) is 0 Å². The number of halogens is 2. The molecule has 0 unspecified atom stereocenters. The lowest BCUT2D eigenvalue weighted by Crippen LogP contribution is -2.40. The van der Waals surface area contributed by atoms with Gasteiger partial charge in [0, 0.05) is 16.1 Å². The predicted octanol–water partition coefficient (Wildman–Crippen LogP) is 5.18. The van der Waals surface area contributed by atoms with Crippen LogP contribution in [0.4, 0.5) is 4.39 Å². The molecular formula is C31H26ClFN2O5S. The van der Waals surface area contributed by atoms with Crippen LogP contribution >= 0.6 is 22.9 Å². The highest BCUT2D eigenvalue weighted by Crippen LogP contribution is 2.35. The van der Waals surface area contributed by atoms with Gasteiger partial charge in [0.15, 0.2) is 16.3 Å². The van der Waals surface area contributed by atoms with Crippen molar-refractivity contribution in [3.8, 4) is 11.5 Å². The Kier molecular flexibility index (Phi) is 8.37. The molecule has 0 aliphatic carbocycles. The molecule has 1 aliphatic rings. The molecule has 1 aromatic heterocycles. The molecule has 7 nitrogen and oxygen atoms in total. The number of carbonyl (C=O) groups excluding carboxylic acids is 1. The SMILES string of the molecule is CCOC(=O)C1=C(C)N=c2s/c(=C\c3cccc(OC)c3OCc3ccccc3F)c(=O)n2[C@@H]1c1ccccc1Cl. The molecule has 0 spiro atoms. The van der Waals surface area contributed by atoms with E-state index in [9.17, 15) is 14.0 Å². The lowest BCUT2D eigenvalue weighted by atomic mass is 9.96. The standard InChI is InChI=1S/C31H26ClFN2O5S/c1-4-39-30(37)26-18(2)34-31-35(27(26)21-12-6-7-13-22(21)32)29(36)25(41-31)16-19-11-9-15-24(38-3)28(19)40-17-20-10-5-8-14-23(20)33/h5-16,27H,4,17H2,1-3H3/b25-16-/t27-/m1/s1. The van der Waals surface area contributed by atoms with Crippen molar-refractivity contribution in [2.75, 3.05) is 13.7 Å². The summed E-state index contributed by atoms with van der Waals surface area (Å²) >= 11 is 7.75. The minimum absolute atomic E-state index is 0.0380. The number of esters is 1. The summed E-state index contributed by atoms with van der Waals surface area (Å²) in [4.78, 5) is 32.1. The molecule has 0 amide bonds. The third-order valence-corrected chi connectivity index (χ3v) is 7.89. The molecule has 0 bridgehead atoms.